The molecule has 0 aromatic carbocycles. The van der Waals surface area contributed by atoms with Crippen molar-refractivity contribution in [2.24, 2.45) is 0 Å². The van der Waals surface area contributed by atoms with Crippen LogP contribution < -0.4 is 11.2 Å². The molecule has 0 radical (unpaired) electrons. The zero-order valence-electron chi connectivity index (χ0n) is 9.90. The minimum absolute atomic E-state index is 0.179. The average Bonchev–Trinajstić information content (AvgIpc) is 2.68. The Bertz CT molecular complexity index is 435. The first-order valence-corrected chi connectivity index (χ1v) is 5.64. The molecule has 5 heteroatoms. The Balaban J connectivity index is 0.000000606. The molecule has 2 heterocycles. The van der Waals surface area contributed by atoms with Gasteiger partial charge in [0, 0.05) is 12.3 Å². The second-order valence-electron chi connectivity index (χ2n) is 3.50. The van der Waals surface area contributed by atoms with Crippen LogP contribution in [0.5, 0.6) is 0 Å². The highest BCUT2D eigenvalue weighted by atomic mass is 16.5. The van der Waals surface area contributed by atoms with Gasteiger partial charge in [-0.2, -0.15) is 0 Å². The Hall–Kier alpha value is -1.36. The largest absolute Gasteiger partial charge is 0.355 e. The number of hydrogen-bond acceptors (Lipinski definition) is 3. The third-order valence-electron chi connectivity index (χ3n) is 2.37. The van der Waals surface area contributed by atoms with Crippen LogP contribution in [-0.2, 0) is 4.74 Å². The topological polar surface area (TPSA) is 64.1 Å². The molecule has 1 fully saturated rings. The molecule has 1 aliphatic rings. The van der Waals surface area contributed by atoms with E-state index in [2.05, 4.69) is 4.98 Å². The summed E-state index contributed by atoms with van der Waals surface area (Å²) < 4.78 is 6.93. The Morgan fingerprint density at radius 1 is 1.38 bits per heavy atom. The molecule has 16 heavy (non-hydrogen) atoms. The standard InChI is InChI=1S/C9H12N2O3.C2H6/c1-6-2-3-8(14-6)11-5-4-7(12)10-9(11)13;1-2/h4-6,8H,2-3H2,1H3,(H,10,12,13);1-2H3. The van der Waals surface area contributed by atoms with Crippen LogP contribution >= 0.6 is 0 Å². The molecular weight excluding hydrogens is 208 g/mol. The summed E-state index contributed by atoms with van der Waals surface area (Å²) in [4.78, 5) is 24.4. The number of aromatic amines is 1. The number of hydrogen-bond donors (Lipinski definition) is 1. The summed E-state index contributed by atoms with van der Waals surface area (Å²) in [5, 5.41) is 0. The lowest BCUT2D eigenvalue weighted by molar-refractivity contribution is 0.00792. The van der Waals surface area contributed by atoms with E-state index >= 15 is 0 Å². The van der Waals surface area contributed by atoms with Gasteiger partial charge in [0.25, 0.3) is 5.56 Å². The molecule has 0 bridgehead atoms. The van der Waals surface area contributed by atoms with Gasteiger partial charge in [0.15, 0.2) is 0 Å². The number of rotatable bonds is 1. The van der Waals surface area contributed by atoms with Gasteiger partial charge in [-0.1, -0.05) is 13.8 Å². The number of nitrogens with zero attached hydrogens (tertiary/aromatic N) is 1. The SMILES string of the molecule is CC.CC1CCC(n2ccc(=O)[nH]c2=O)O1. The van der Waals surface area contributed by atoms with E-state index in [1.807, 2.05) is 20.8 Å². The second-order valence-corrected chi connectivity index (χ2v) is 3.50. The van der Waals surface area contributed by atoms with Crippen molar-refractivity contribution in [3.63, 3.8) is 0 Å². The van der Waals surface area contributed by atoms with Crippen molar-refractivity contribution < 1.29 is 4.74 Å². The van der Waals surface area contributed by atoms with Crippen LogP contribution in [0, 0.1) is 0 Å². The van der Waals surface area contributed by atoms with E-state index in [1.165, 1.54) is 16.8 Å². The van der Waals surface area contributed by atoms with Gasteiger partial charge in [0.2, 0.25) is 0 Å². The van der Waals surface area contributed by atoms with Crippen molar-refractivity contribution in [2.75, 3.05) is 0 Å². The summed E-state index contributed by atoms with van der Waals surface area (Å²) in [6, 6.07) is 1.33. The molecule has 2 rings (SSSR count). The van der Waals surface area contributed by atoms with Crippen molar-refractivity contribution >= 4 is 0 Å². The Morgan fingerprint density at radius 3 is 2.56 bits per heavy atom. The maximum absolute atomic E-state index is 11.4. The van der Waals surface area contributed by atoms with Crippen molar-refractivity contribution in [3.8, 4) is 0 Å². The second kappa shape index (κ2) is 5.65. The molecule has 1 saturated heterocycles. The molecule has 0 saturated carbocycles. The maximum Gasteiger partial charge on any atom is 0.330 e. The highest BCUT2D eigenvalue weighted by Gasteiger charge is 2.23. The normalized spacial score (nSPS) is 23.7. The molecule has 0 amide bonds. The zero-order valence-corrected chi connectivity index (χ0v) is 9.90. The van der Waals surface area contributed by atoms with Crippen LogP contribution in [0.3, 0.4) is 0 Å². The lowest BCUT2D eigenvalue weighted by Crippen LogP contribution is -2.31. The van der Waals surface area contributed by atoms with E-state index in [1.54, 1.807) is 0 Å². The van der Waals surface area contributed by atoms with Gasteiger partial charge in [0.05, 0.1) is 6.10 Å². The maximum atomic E-state index is 11.4. The zero-order chi connectivity index (χ0) is 12.1. The molecule has 1 N–H and O–H groups in total. The Kier molecular flexibility index (Phi) is 4.49. The number of aromatic nitrogens is 2. The van der Waals surface area contributed by atoms with E-state index < -0.39 is 5.69 Å². The van der Waals surface area contributed by atoms with Crippen molar-refractivity contribution in [2.45, 2.75) is 45.9 Å². The van der Waals surface area contributed by atoms with E-state index in [4.69, 9.17) is 4.74 Å². The highest BCUT2D eigenvalue weighted by Crippen LogP contribution is 2.25. The highest BCUT2D eigenvalue weighted by molar-refractivity contribution is 4.85. The van der Waals surface area contributed by atoms with Crippen LogP contribution in [0.25, 0.3) is 0 Å². The van der Waals surface area contributed by atoms with Gasteiger partial charge in [-0.05, 0) is 19.8 Å². The molecule has 2 unspecified atom stereocenters. The Labute approximate surface area is 94.1 Å². The molecule has 1 aliphatic heterocycles. The fourth-order valence-electron chi connectivity index (χ4n) is 1.64. The smallest absolute Gasteiger partial charge is 0.330 e. The van der Waals surface area contributed by atoms with Gasteiger partial charge in [-0.3, -0.25) is 14.3 Å². The number of ether oxygens (including phenoxy) is 1. The van der Waals surface area contributed by atoms with Crippen molar-refractivity contribution in [1.29, 1.82) is 0 Å². The van der Waals surface area contributed by atoms with Crippen LogP contribution in [-0.4, -0.2) is 15.7 Å². The van der Waals surface area contributed by atoms with Crippen LogP contribution in [0.15, 0.2) is 21.9 Å². The molecule has 0 aliphatic carbocycles. The van der Waals surface area contributed by atoms with Crippen LogP contribution in [0.1, 0.15) is 39.8 Å². The molecule has 0 spiro atoms. The van der Waals surface area contributed by atoms with Gasteiger partial charge in [-0.25, -0.2) is 4.79 Å². The predicted molar refractivity (Wildman–Crippen MR) is 61.5 cm³/mol. The van der Waals surface area contributed by atoms with E-state index in [0.29, 0.717) is 0 Å². The van der Waals surface area contributed by atoms with E-state index in [0.717, 1.165) is 12.8 Å². The molecule has 1 aromatic rings. The molecule has 5 nitrogen and oxygen atoms in total. The first-order valence-electron chi connectivity index (χ1n) is 5.64. The van der Waals surface area contributed by atoms with Crippen molar-refractivity contribution in [3.05, 3.63) is 33.1 Å². The quantitative estimate of drug-likeness (QED) is 0.784. The number of nitrogens with one attached hydrogen (secondary N) is 1. The van der Waals surface area contributed by atoms with Gasteiger partial charge in [0.1, 0.15) is 6.23 Å². The fourth-order valence-corrected chi connectivity index (χ4v) is 1.64. The average molecular weight is 226 g/mol. The lowest BCUT2D eigenvalue weighted by atomic mass is 10.2. The summed E-state index contributed by atoms with van der Waals surface area (Å²) in [6.07, 6.45) is 3.18. The number of H-pyrrole nitrogens is 1. The fraction of sp³-hybridized carbons (Fsp3) is 0.636. The third kappa shape index (κ3) is 2.82. The Morgan fingerprint density at radius 2 is 2.06 bits per heavy atom. The van der Waals surface area contributed by atoms with E-state index in [-0.39, 0.29) is 17.9 Å². The third-order valence-corrected chi connectivity index (χ3v) is 2.37. The minimum atomic E-state index is -0.406. The summed E-state index contributed by atoms with van der Waals surface area (Å²) in [7, 11) is 0. The predicted octanol–water partition coefficient (Wildman–Crippen LogP) is 1.26. The van der Waals surface area contributed by atoms with E-state index in [9.17, 15) is 9.59 Å². The molecule has 90 valence electrons. The summed E-state index contributed by atoms with van der Waals surface area (Å²) in [5.41, 5.74) is -0.783. The first-order chi connectivity index (χ1) is 7.66. The minimum Gasteiger partial charge on any atom is -0.355 e. The lowest BCUT2D eigenvalue weighted by Gasteiger charge is -2.12. The monoisotopic (exact) mass is 226 g/mol. The van der Waals surface area contributed by atoms with Gasteiger partial charge < -0.3 is 4.74 Å². The molecule has 1 aromatic heterocycles. The van der Waals surface area contributed by atoms with Gasteiger partial charge in [-0.15, -0.1) is 0 Å². The molecule has 2 atom stereocenters. The van der Waals surface area contributed by atoms with Crippen LogP contribution in [0.2, 0.25) is 0 Å². The van der Waals surface area contributed by atoms with Gasteiger partial charge >= 0.3 is 5.69 Å². The molecular formula is C11H18N2O3. The first kappa shape index (κ1) is 12.7. The van der Waals surface area contributed by atoms with Crippen molar-refractivity contribution in [1.82, 2.24) is 9.55 Å². The summed E-state index contributed by atoms with van der Waals surface area (Å²) in [5.74, 6) is 0. The summed E-state index contributed by atoms with van der Waals surface area (Å²) >= 11 is 0. The summed E-state index contributed by atoms with van der Waals surface area (Å²) in [6.45, 7) is 5.97. The van der Waals surface area contributed by atoms with Crippen LogP contribution in [0.4, 0.5) is 0 Å².